The van der Waals surface area contributed by atoms with Gasteiger partial charge in [0, 0.05) is 48.2 Å². The second-order valence-electron chi connectivity index (χ2n) is 9.72. The van der Waals surface area contributed by atoms with Crippen molar-refractivity contribution in [2.45, 2.75) is 38.8 Å². The normalized spacial score (nSPS) is 12.6. The molecule has 0 aliphatic heterocycles. The Morgan fingerprint density at radius 2 is 1.63 bits per heavy atom. The highest BCUT2D eigenvalue weighted by atomic mass is 16.4. The van der Waals surface area contributed by atoms with Gasteiger partial charge in [-0.15, -0.1) is 0 Å². The molecule has 8 heteroatoms. The summed E-state index contributed by atoms with van der Waals surface area (Å²) >= 11 is 0. The number of hydrogen-bond donors (Lipinski definition) is 4. The van der Waals surface area contributed by atoms with Crippen LogP contribution in [0.4, 0.5) is 5.69 Å². The Morgan fingerprint density at radius 1 is 0.974 bits per heavy atom. The lowest BCUT2D eigenvalue weighted by Crippen LogP contribution is -2.53. The molecule has 8 nitrogen and oxygen atoms in total. The van der Waals surface area contributed by atoms with Gasteiger partial charge in [0.05, 0.1) is 0 Å². The Labute approximate surface area is 221 Å². The van der Waals surface area contributed by atoms with Crippen LogP contribution >= 0.6 is 0 Å². The van der Waals surface area contributed by atoms with Crippen molar-refractivity contribution in [2.75, 3.05) is 12.8 Å². The molecule has 3 aromatic carbocycles. The van der Waals surface area contributed by atoms with Gasteiger partial charge in [-0.05, 0) is 55.3 Å². The number of aromatic amines is 1. The number of nitrogen functional groups attached to an aromatic ring is 1. The summed E-state index contributed by atoms with van der Waals surface area (Å²) in [4.78, 5) is 43.8. The average Bonchev–Trinajstić information content (AvgIpc) is 3.29. The van der Waals surface area contributed by atoms with Crippen LogP contribution in [-0.2, 0) is 22.4 Å². The molecule has 38 heavy (non-hydrogen) atoms. The number of para-hydroxylation sites is 1. The molecule has 0 radical (unpaired) electrons. The zero-order valence-electron chi connectivity index (χ0n) is 21.7. The number of aryl methyl sites for hydroxylation is 2. The number of nitrogens with two attached hydrogens (primary N) is 1. The van der Waals surface area contributed by atoms with E-state index in [0.29, 0.717) is 11.3 Å². The van der Waals surface area contributed by atoms with Gasteiger partial charge < -0.3 is 26.0 Å². The van der Waals surface area contributed by atoms with Crippen LogP contribution in [0.2, 0.25) is 0 Å². The van der Waals surface area contributed by atoms with Gasteiger partial charge in [0.25, 0.3) is 5.91 Å². The molecule has 196 valence electrons. The van der Waals surface area contributed by atoms with Crippen LogP contribution in [0.25, 0.3) is 10.9 Å². The first-order valence-electron chi connectivity index (χ1n) is 12.4. The lowest BCUT2D eigenvalue weighted by atomic mass is 10.0. The van der Waals surface area contributed by atoms with E-state index in [1.165, 1.54) is 4.90 Å². The standard InChI is InChI=1S/C30H32N4O4/c1-18-12-19(2)14-21(13-18)29(36)34(3)27(15-20-8-10-23(31)11-9-20)28(35)33-26(30(37)38)16-22-17-32-25-7-5-4-6-24(22)25/h4-14,17,26-27,32H,15-16,31H2,1-3H3,(H,33,35)(H,37,38)/t26-,27-/m0/s1. The molecule has 0 fully saturated rings. The van der Waals surface area contributed by atoms with Crippen molar-refractivity contribution in [3.63, 3.8) is 0 Å². The number of carboxylic acid groups (broad SMARTS) is 1. The predicted octanol–water partition coefficient (Wildman–Crippen LogP) is 3.86. The van der Waals surface area contributed by atoms with Crippen molar-refractivity contribution < 1.29 is 19.5 Å². The third-order valence-electron chi connectivity index (χ3n) is 6.68. The number of likely N-dealkylation sites (N-methyl/N-ethyl adjacent to an activating group) is 1. The number of nitrogens with zero attached hydrogens (tertiary/aromatic N) is 1. The average molecular weight is 513 g/mol. The molecule has 0 saturated carbocycles. The highest BCUT2D eigenvalue weighted by Gasteiger charge is 2.31. The fourth-order valence-corrected chi connectivity index (χ4v) is 4.71. The van der Waals surface area contributed by atoms with Gasteiger partial charge in [-0.2, -0.15) is 0 Å². The number of aromatic nitrogens is 1. The summed E-state index contributed by atoms with van der Waals surface area (Å²) in [5.74, 6) is -2.02. The molecule has 1 aromatic heterocycles. The third-order valence-corrected chi connectivity index (χ3v) is 6.68. The lowest BCUT2D eigenvalue weighted by Gasteiger charge is -2.29. The van der Waals surface area contributed by atoms with Crippen LogP contribution in [0.3, 0.4) is 0 Å². The van der Waals surface area contributed by atoms with E-state index in [4.69, 9.17) is 5.73 Å². The molecule has 0 spiro atoms. The number of amides is 2. The Morgan fingerprint density at radius 3 is 2.29 bits per heavy atom. The number of rotatable bonds is 9. The molecule has 4 rings (SSSR count). The van der Waals surface area contributed by atoms with Crippen molar-refractivity contribution in [2.24, 2.45) is 0 Å². The first-order valence-corrected chi connectivity index (χ1v) is 12.4. The predicted molar refractivity (Wildman–Crippen MR) is 148 cm³/mol. The van der Waals surface area contributed by atoms with Gasteiger partial charge in [0.1, 0.15) is 12.1 Å². The number of anilines is 1. The zero-order chi connectivity index (χ0) is 27.4. The molecular formula is C30H32N4O4. The molecule has 5 N–H and O–H groups in total. The Balaban J connectivity index is 1.61. The van der Waals surface area contributed by atoms with Crippen LogP contribution in [0.15, 0.2) is 72.9 Å². The molecule has 2 amide bonds. The highest BCUT2D eigenvalue weighted by molar-refractivity contribution is 5.98. The summed E-state index contributed by atoms with van der Waals surface area (Å²) in [5.41, 5.74) is 11.2. The second-order valence-corrected chi connectivity index (χ2v) is 9.72. The number of aliphatic carboxylic acids is 1. The van der Waals surface area contributed by atoms with Gasteiger partial charge in [-0.1, -0.05) is 47.5 Å². The number of carbonyl (C=O) groups is 3. The summed E-state index contributed by atoms with van der Waals surface area (Å²) < 4.78 is 0. The van der Waals surface area contributed by atoms with Crippen LogP contribution in [0.5, 0.6) is 0 Å². The summed E-state index contributed by atoms with van der Waals surface area (Å²) in [6, 6.07) is 18.0. The largest absolute Gasteiger partial charge is 0.480 e. The van der Waals surface area contributed by atoms with Crippen LogP contribution in [0.1, 0.15) is 32.6 Å². The van der Waals surface area contributed by atoms with Crippen molar-refractivity contribution in [1.82, 2.24) is 15.2 Å². The number of fused-ring (bicyclic) bond motifs is 1. The van der Waals surface area contributed by atoms with E-state index in [2.05, 4.69) is 10.3 Å². The van der Waals surface area contributed by atoms with Crippen molar-refractivity contribution >= 4 is 34.4 Å². The fraction of sp³-hybridized carbons (Fsp3) is 0.233. The number of H-pyrrole nitrogens is 1. The number of hydrogen-bond acceptors (Lipinski definition) is 4. The monoisotopic (exact) mass is 512 g/mol. The molecule has 0 aliphatic rings. The maximum atomic E-state index is 13.6. The maximum absolute atomic E-state index is 13.6. The Bertz CT molecular complexity index is 1460. The maximum Gasteiger partial charge on any atom is 0.326 e. The third kappa shape index (κ3) is 6.03. The van der Waals surface area contributed by atoms with Crippen molar-refractivity contribution in [3.05, 3.63) is 101 Å². The Kier molecular flexibility index (Phi) is 7.81. The molecular weight excluding hydrogens is 480 g/mol. The van der Waals surface area contributed by atoms with Gasteiger partial charge >= 0.3 is 5.97 Å². The molecule has 2 atom stereocenters. The van der Waals surface area contributed by atoms with Gasteiger partial charge in [0.2, 0.25) is 5.91 Å². The minimum atomic E-state index is -1.18. The van der Waals surface area contributed by atoms with E-state index in [9.17, 15) is 19.5 Å². The van der Waals surface area contributed by atoms with Gasteiger partial charge in [-0.3, -0.25) is 9.59 Å². The summed E-state index contributed by atoms with van der Waals surface area (Å²) in [7, 11) is 1.57. The first-order chi connectivity index (χ1) is 18.1. The smallest absolute Gasteiger partial charge is 0.326 e. The van der Waals surface area contributed by atoms with Crippen molar-refractivity contribution in [1.29, 1.82) is 0 Å². The van der Waals surface area contributed by atoms with E-state index in [1.54, 1.807) is 49.6 Å². The van der Waals surface area contributed by atoms with Crippen LogP contribution in [0, 0.1) is 13.8 Å². The van der Waals surface area contributed by atoms with Gasteiger partial charge in [0.15, 0.2) is 0 Å². The van der Waals surface area contributed by atoms with Crippen LogP contribution < -0.4 is 11.1 Å². The van der Waals surface area contributed by atoms with E-state index in [-0.39, 0.29) is 18.7 Å². The van der Waals surface area contributed by atoms with Gasteiger partial charge in [-0.25, -0.2) is 4.79 Å². The highest BCUT2D eigenvalue weighted by Crippen LogP contribution is 2.20. The number of carboxylic acids is 1. The van der Waals surface area contributed by atoms with Crippen LogP contribution in [-0.4, -0.2) is 51.9 Å². The minimum absolute atomic E-state index is 0.0917. The van der Waals surface area contributed by atoms with Crippen molar-refractivity contribution in [3.8, 4) is 0 Å². The molecule has 0 bridgehead atoms. The lowest BCUT2D eigenvalue weighted by molar-refractivity contribution is -0.142. The van der Waals surface area contributed by atoms with E-state index in [1.807, 2.05) is 44.2 Å². The summed E-state index contributed by atoms with van der Waals surface area (Å²) in [6.07, 6.45) is 2.04. The molecule has 1 heterocycles. The SMILES string of the molecule is Cc1cc(C)cc(C(=O)N(C)[C@@H](Cc2ccc(N)cc2)C(=O)N[C@@H](Cc2c[nH]c3ccccc23)C(=O)O)c1. The Hall–Kier alpha value is -4.59. The van der Waals surface area contributed by atoms with E-state index < -0.39 is 24.0 Å². The first kappa shape index (κ1) is 26.5. The minimum Gasteiger partial charge on any atom is -0.480 e. The van der Waals surface area contributed by atoms with E-state index in [0.717, 1.165) is 33.2 Å². The zero-order valence-corrected chi connectivity index (χ0v) is 21.7. The quantitative estimate of drug-likeness (QED) is 0.253. The molecule has 0 aliphatic carbocycles. The summed E-state index contributed by atoms with van der Waals surface area (Å²) in [5, 5.41) is 13.5. The molecule has 0 unspecified atom stereocenters. The fourth-order valence-electron chi connectivity index (χ4n) is 4.71. The summed E-state index contributed by atoms with van der Waals surface area (Å²) in [6.45, 7) is 3.81. The number of carbonyl (C=O) groups excluding carboxylic acids is 2. The number of nitrogens with one attached hydrogen (secondary N) is 2. The topological polar surface area (TPSA) is 129 Å². The molecule has 0 saturated heterocycles. The van der Waals surface area contributed by atoms with E-state index >= 15 is 0 Å². The number of benzene rings is 3. The molecule has 4 aromatic rings. The second kappa shape index (κ2) is 11.2.